The van der Waals surface area contributed by atoms with E-state index in [4.69, 9.17) is 5.11 Å². The van der Waals surface area contributed by atoms with Crippen LogP contribution in [0.5, 0.6) is 0 Å². The summed E-state index contributed by atoms with van der Waals surface area (Å²) >= 11 is 0. The van der Waals surface area contributed by atoms with E-state index < -0.39 is 0 Å². The van der Waals surface area contributed by atoms with Gasteiger partial charge in [-0.25, -0.2) is 0 Å². The Bertz CT molecular complexity index is 126. The Morgan fingerprint density at radius 2 is 2.17 bits per heavy atom. The Morgan fingerprint density at radius 1 is 1.50 bits per heavy atom. The molecule has 1 amide bonds. The molecule has 1 atom stereocenters. The van der Waals surface area contributed by atoms with Gasteiger partial charge in [0.15, 0.2) is 0 Å². The van der Waals surface area contributed by atoms with Crippen LogP contribution in [0.15, 0.2) is 0 Å². The van der Waals surface area contributed by atoms with Crippen LogP contribution in [0.2, 0.25) is 0 Å². The number of nitrogens with one attached hydrogen (secondary N) is 1. The van der Waals surface area contributed by atoms with Gasteiger partial charge >= 0.3 is 0 Å². The van der Waals surface area contributed by atoms with E-state index in [0.717, 1.165) is 6.42 Å². The van der Waals surface area contributed by atoms with Crippen LogP contribution in [0.25, 0.3) is 0 Å². The Labute approximate surface area is 74.2 Å². The number of aliphatic hydroxyl groups is 1. The van der Waals surface area contributed by atoms with E-state index in [1.807, 2.05) is 0 Å². The van der Waals surface area contributed by atoms with E-state index >= 15 is 0 Å². The lowest BCUT2D eigenvalue weighted by Crippen LogP contribution is -2.24. The van der Waals surface area contributed by atoms with Gasteiger partial charge in [-0.05, 0) is 12.3 Å². The molecule has 2 N–H and O–H groups in total. The summed E-state index contributed by atoms with van der Waals surface area (Å²) in [5, 5.41) is 10.7. The fourth-order valence-corrected chi connectivity index (χ4v) is 1.19. The van der Waals surface area contributed by atoms with Crippen LogP contribution in [0.3, 0.4) is 0 Å². The first-order chi connectivity index (χ1) is 5.70. The smallest absolute Gasteiger partial charge is 0.221 e. The monoisotopic (exact) mass is 173 g/mol. The molecule has 1 unspecified atom stereocenters. The van der Waals surface area contributed by atoms with Gasteiger partial charge in [0, 0.05) is 6.42 Å². The van der Waals surface area contributed by atoms with Crippen LogP contribution in [0.1, 0.15) is 39.5 Å². The minimum absolute atomic E-state index is 0.0551. The lowest BCUT2D eigenvalue weighted by molar-refractivity contribution is -0.122. The topological polar surface area (TPSA) is 49.3 Å². The Balaban J connectivity index is 3.33. The third-order valence-electron chi connectivity index (χ3n) is 1.92. The molecule has 0 aromatic heterocycles. The van der Waals surface area contributed by atoms with Gasteiger partial charge in [0.25, 0.3) is 0 Å². The first kappa shape index (κ1) is 11.4. The average Bonchev–Trinajstić information content (AvgIpc) is 2.02. The Hall–Kier alpha value is -0.570. The molecule has 0 heterocycles. The zero-order valence-electron chi connectivity index (χ0n) is 7.97. The maximum Gasteiger partial charge on any atom is 0.221 e. The molecule has 0 fully saturated rings. The number of hydrogen-bond donors (Lipinski definition) is 2. The molecule has 0 aromatic rings. The van der Waals surface area contributed by atoms with E-state index in [1.165, 1.54) is 12.8 Å². The van der Waals surface area contributed by atoms with Crippen LogP contribution in [-0.2, 0) is 4.79 Å². The van der Waals surface area contributed by atoms with E-state index in [1.54, 1.807) is 0 Å². The predicted molar refractivity (Wildman–Crippen MR) is 48.5 cm³/mol. The van der Waals surface area contributed by atoms with Crippen molar-refractivity contribution in [2.45, 2.75) is 39.5 Å². The zero-order chi connectivity index (χ0) is 9.40. The van der Waals surface area contributed by atoms with Crippen molar-refractivity contribution in [3.05, 3.63) is 0 Å². The Morgan fingerprint density at radius 3 is 2.67 bits per heavy atom. The van der Waals surface area contributed by atoms with Gasteiger partial charge in [-0.3, -0.25) is 4.79 Å². The molecule has 12 heavy (non-hydrogen) atoms. The molecule has 0 rings (SSSR count). The summed E-state index contributed by atoms with van der Waals surface area (Å²) < 4.78 is 0. The van der Waals surface area contributed by atoms with Crippen LogP contribution in [-0.4, -0.2) is 17.7 Å². The molecule has 3 nitrogen and oxygen atoms in total. The van der Waals surface area contributed by atoms with Crippen molar-refractivity contribution in [3.63, 3.8) is 0 Å². The standard InChI is InChI=1S/C9H19NO2/c1-3-4-8(2)5-6-9(12)10-7-11/h8,11H,3-7H2,1-2H3,(H,10,12). The number of amides is 1. The molecule has 3 heteroatoms. The molecule has 0 bridgehead atoms. The molecular formula is C9H19NO2. The van der Waals surface area contributed by atoms with E-state index in [-0.39, 0.29) is 12.6 Å². The van der Waals surface area contributed by atoms with Crippen molar-refractivity contribution in [2.75, 3.05) is 6.73 Å². The summed E-state index contributed by atoms with van der Waals surface area (Å²) in [5.74, 6) is 0.555. The lowest BCUT2D eigenvalue weighted by Gasteiger charge is -2.08. The third kappa shape index (κ3) is 6.16. The molecule has 0 spiro atoms. The number of carbonyl (C=O) groups excluding carboxylic acids is 1. The number of carbonyl (C=O) groups is 1. The number of rotatable bonds is 6. The first-order valence-electron chi connectivity index (χ1n) is 4.58. The summed E-state index contributed by atoms with van der Waals surface area (Å²) in [6.45, 7) is 4.04. The quantitative estimate of drug-likeness (QED) is 0.594. The van der Waals surface area contributed by atoms with Gasteiger partial charge in [-0.2, -0.15) is 0 Å². The summed E-state index contributed by atoms with van der Waals surface area (Å²) in [4.78, 5) is 10.9. The van der Waals surface area contributed by atoms with Crippen molar-refractivity contribution in [1.82, 2.24) is 5.32 Å². The second-order valence-electron chi connectivity index (χ2n) is 3.19. The van der Waals surface area contributed by atoms with Crippen LogP contribution in [0, 0.1) is 5.92 Å². The average molecular weight is 173 g/mol. The van der Waals surface area contributed by atoms with Gasteiger partial charge in [-0.15, -0.1) is 0 Å². The fraction of sp³-hybridized carbons (Fsp3) is 0.889. The van der Waals surface area contributed by atoms with Crippen LogP contribution >= 0.6 is 0 Å². The normalized spacial score (nSPS) is 12.6. The van der Waals surface area contributed by atoms with E-state index in [0.29, 0.717) is 12.3 Å². The second kappa shape index (κ2) is 7.10. The van der Waals surface area contributed by atoms with E-state index in [9.17, 15) is 4.79 Å². The van der Waals surface area contributed by atoms with Crippen molar-refractivity contribution in [1.29, 1.82) is 0 Å². The van der Waals surface area contributed by atoms with Gasteiger partial charge < -0.3 is 10.4 Å². The van der Waals surface area contributed by atoms with Crippen LogP contribution < -0.4 is 5.32 Å². The van der Waals surface area contributed by atoms with Gasteiger partial charge in [-0.1, -0.05) is 26.7 Å². The highest BCUT2D eigenvalue weighted by Gasteiger charge is 2.04. The molecule has 0 aromatic carbocycles. The maximum atomic E-state index is 10.9. The number of aliphatic hydroxyl groups excluding tert-OH is 1. The maximum absolute atomic E-state index is 10.9. The second-order valence-corrected chi connectivity index (χ2v) is 3.19. The zero-order valence-corrected chi connectivity index (χ0v) is 7.97. The lowest BCUT2D eigenvalue weighted by atomic mass is 10.0. The molecule has 0 radical (unpaired) electrons. The largest absolute Gasteiger partial charge is 0.377 e. The minimum atomic E-state index is -0.249. The highest BCUT2D eigenvalue weighted by Crippen LogP contribution is 2.11. The summed E-state index contributed by atoms with van der Waals surface area (Å²) in [7, 11) is 0. The third-order valence-corrected chi connectivity index (χ3v) is 1.92. The molecule has 72 valence electrons. The SMILES string of the molecule is CCCC(C)CCC(=O)NCO. The highest BCUT2D eigenvalue weighted by atomic mass is 16.3. The van der Waals surface area contributed by atoms with Crippen molar-refractivity contribution >= 4 is 5.91 Å². The summed E-state index contributed by atoms with van der Waals surface area (Å²) in [6.07, 6.45) is 3.79. The molecule has 0 aliphatic heterocycles. The molecule has 0 saturated carbocycles. The van der Waals surface area contributed by atoms with Gasteiger partial charge in [0.05, 0.1) is 0 Å². The van der Waals surface area contributed by atoms with Gasteiger partial charge in [0.1, 0.15) is 6.73 Å². The fourth-order valence-electron chi connectivity index (χ4n) is 1.19. The summed E-state index contributed by atoms with van der Waals surface area (Å²) in [5.41, 5.74) is 0. The molecular weight excluding hydrogens is 154 g/mol. The summed E-state index contributed by atoms with van der Waals surface area (Å²) in [6, 6.07) is 0. The number of hydrogen-bond acceptors (Lipinski definition) is 2. The van der Waals surface area contributed by atoms with Crippen LogP contribution in [0.4, 0.5) is 0 Å². The van der Waals surface area contributed by atoms with Gasteiger partial charge in [0.2, 0.25) is 5.91 Å². The van der Waals surface area contributed by atoms with Crippen molar-refractivity contribution in [3.8, 4) is 0 Å². The predicted octanol–water partition coefficient (Wildman–Crippen LogP) is 1.27. The van der Waals surface area contributed by atoms with Crippen molar-refractivity contribution in [2.24, 2.45) is 5.92 Å². The molecule has 0 aliphatic carbocycles. The Kier molecular flexibility index (Phi) is 6.76. The molecule has 0 saturated heterocycles. The van der Waals surface area contributed by atoms with Crippen molar-refractivity contribution < 1.29 is 9.90 Å². The van der Waals surface area contributed by atoms with E-state index in [2.05, 4.69) is 19.2 Å². The highest BCUT2D eigenvalue weighted by molar-refractivity contribution is 5.75. The molecule has 0 aliphatic rings. The minimum Gasteiger partial charge on any atom is -0.377 e. The first-order valence-corrected chi connectivity index (χ1v) is 4.58.